The lowest BCUT2D eigenvalue weighted by molar-refractivity contribution is 0.165. The molecule has 1 aliphatic rings. The van der Waals surface area contributed by atoms with E-state index in [9.17, 15) is 4.39 Å². The number of hydrogen-bond donors (Lipinski definition) is 0. The van der Waals surface area contributed by atoms with Crippen molar-refractivity contribution >= 4 is 0 Å². The first-order chi connectivity index (χ1) is 6.60. The smallest absolute Gasteiger partial charge is 0.101 e. The Morgan fingerprint density at radius 2 is 1.36 bits per heavy atom. The normalized spacial score (nSPS) is 29.9. The molecular weight excluding hydrogens is 177 g/mol. The van der Waals surface area contributed by atoms with E-state index in [4.69, 9.17) is 5.26 Å². The highest BCUT2D eigenvalue weighted by molar-refractivity contribution is 4.73. The first-order valence-electron chi connectivity index (χ1n) is 5.55. The van der Waals surface area contributed by atoms with E-state index in [0.717, 1.165) is 12.8 Å². The monoisotopic (exact) mass is 201 g/mol. The SMILES string of the molecule is CC.CC#N.CC1CC(C)CC(F)C1. The molecule has 1 saturated carbocycles. The molecule has 0 radical (unpaired) electrons. The standard InChI is InChI=1S/C8H15F.C2H3N.C2H6/c1-6-3-7(2)5-8(9)4-6;1-2-3;1-2/h6-8H,3-5H2,1-2H3;1H3;1-2H3. The summed E-state index contributed by atoms with van der Waals surface area (Å²) in [7, 11) is 0. The van der Waals surface area contributed by atoms with Crippen molar-refractivity contribution in [3.05, 3.63) is 0 Å². The average molecular weight is 201 g/mol. The number of nitrogens with zero attached hydrogens (tertiary/aromatic N) is 1. The Kier molecular flexibility index (Phi) is 11.9. The summed E-state index contributed by atoms with van der Waals surface area (Å²) in [6.45, 7) is 9.71. The van der Waals surface area contributed by atoms with Crippen molar-refractivity contribution in [1.29, 1.82) is 5.26 Å². The molecule has 84 valence electrons. The van der Waals surface area contributed by atoms with Gasteiger partial charge in [0.05, 0.1) is 6.07 Å². The maximum Gasteiger partial charge on any atom is 0.101 e. The zero-order valence-corrected chi connectivity index (χ0v) is 10.2. The van der Waals surface area contributed by atoms with Crippen LogP contribution in [0.15, 0.2) is 0 Å². The van der Waals surface area contributed by atoms with Crippen LogP contribution >= 0.6 is 0 Å². The predicted molar refractivity (Wildman–Crippen MR) is 59.7 cm³/mol. The highest BCUT2D eigenvalue weighted by Crippen LogP contribution is 2.29. The van der Waals surface area contributed by atoms with Crippen molar-refractivity contribution < 1.29 is 4.39 Å². The van der Waals surface area contributed by atoms with Gasteiger partial charge in [-0.25, -0.2) is 4.39 Å². The maximum absolute atomic E-state index is 12.7. The fourth-order valence-electron chi connectivity index (χ4n) is 1.85. The fourth-order valence-corrected chi connectivity index (χ4v) is 1.85. The van der Waals surface area contributed by atoms with Crippen LogP contribution in [0.1, 0.15) is 53.9 Å². The summed E-state index contributed by atoms with van der Waals surface area (Å²) >= 11 is 0. The molecule has 0 spiro atoms. The first kappa shape index (κ1) is 15.9. The van der Waals surface area contributed by atoms with E-state index in [0.29, 0.717) is 11.8 Å². The van der Waals surface area contributed by atoms with Crippen LogP contribution in [0, 0.1) is 23.2 Å². The van der Waals surface area contributed by atoms with Crippen molar-refractivity contribution in [3.63, 3.8) is 0 Å². The van der Waals surface area contributed by atoms with Crippen LogP contribution in [-0.4, -0.2) is 6.17 Å². The average Bonchev–Trinajstić information content (AvgIpc) is 2.06. The Hall–Kier alpha value is -0.580. The molecule has 1 rings (SSSR count). The van der Waals surface area contributed by atoms with Crippen LogP contribution in [0.3, 0.4) is 0 Å². The van der Waals surface area contributed by atoms with Crippen LogP contribution in [0.2, 0.25) is 0 Å². The molecule has 2 atom stereocenters. The Morgan fingerprint density at radius 1 is 1.07 bits per heavy atom. The van der Waals surface area contributed by atoms with E-state index in [1.165, 1.54) is 13.3 Å². The van der Waals surface area contributed by atoms with Crippen molar-refractivity contribution in [2.24, 2.45) is 11.8 Å². The molecule has 0 N–H and O–H groups in total. The largest absolute Gasteiger partial charge is 0.247 e. The van der Waals surface area contributed by atoms with Gasteiger partial charge in [0, 0.05) is 6.92 Å². The van der Waals surface area contributed by atoms with Crippen LogP contribution < -0.4 is 0 Å². The molecular formula is C12H24FN. The van der Waals surface area contributed by atoms with Gasteiger partial charge in [-0.15, -0.1) is 0 Å². The minimum atomic E-state index is -0.510. The zero-order chi connectivity index (χ0) is 11.6. The third-order valence-corrected chi connectivity index (χ3v) is 2.12. The van der Waals surface area contributed by atoms with Crippen LogP contribution in [-0.2, 0) is 0 Å². The topological polar surface area (TPSA) is 23.8 Å². The summed E-state index contributed by atoms with van der Waals surface area (Å²) in [5.74, 6) is 1.23. The first-order valence-corrected chi connectivity index (χ1v) is 5.55. The number of nitriles is 1. The van der Waals surface area contributed by atoms with Gasteiger partial charge >= 0.3 is 0 Å². The fraction of sp³-hybridized carbons (Fsp3) is 0.917. The van der Waals surface area contributed by atoms with E-state index in [-0.39, 0.29) is 0 Å². The Bertz CT molecular complexity index is 126. The highest BCUT2D eigenvalue weighted by Gasteiger charge is 2.22. The lowest BCUT2D eigenvalue weighted by Crippen LogP contribution is -2.19. The van der Waals surface area contributed by atoms with Gasteiger partial charge in [0.1, 0.15) is 6.17 Å². The lowest BCUT2D eigenvalue weighted by atomic mass is 9.82. The van der Waals surface area contributed by atoms with Gasteiger partial charge in [0.25, 0.3) is 0 Å². The molecule has 1 aliphatic carbocycles. The van der Waals surface area contributed by atoms with Gasteiger partial charge in [0.15, 0.2) is 0 Å². The second-order valence-corrected chi connectivity index (χ2v) is 3.74. The Morgan fingerprint density at radius 3 is 1.57 bits per heavy atom. The number of hydrogen-bond acceptors (Lipinski definition) is 1. The summed E-state index contributed by atoms with van der Waals surface area (Å²) < 4.78 is 12.7. The van der Waals surface area contributed by atoms with Gasteiger partial charge in [-0.2, -0.15) is 5.26 Å². The molecule has 0 aromatic carbocycles. The van der Waals surface area contributed by atoms with Crippen molar-refractivity contribution in [1.82, 2.24) is 0 Å². The van der Waals surface area contributed by atoms with Gasteiger partial charge in [-0.1, -0.05) is 27.7 Å². The van der Waals surface area contributed by atoms with Crippen molar-refractivity contribution in [2.75, 3.05) is 0 Å². The zero-order valence-electron chi connectivity index (χ0n) is 10.2. The second kappa shape index (κ2) is 10.5. The second-order valence-electron chi connectivity index (χ2n) is 3.74. The van der Waals surface area contributed by atoms with E-state index >= 15 is 0 Å². The summed E-state index contributed by atoms with van der Waals surface area (Å²) in [4.78, 5) is 0. The minimum Gasteiger partial charge on any atom is -0.247 e. The van der Waals surface area contributed by atoms with E-state index in [2.05, 4.69) is 13.8 Å². The summed E-state index contributed by atoms with van der Waals surface area (Å²) in [5.41, 5.74) is 0. The number of halogens is 1. The van der Waals surface area contributed by atoms with Crippen molar-refractivity contribution in [3.8, 4) is 6.07 Å². The molecule has 1 nitrogen and oxygen atoms in total. The minimum absolute atomic E-state index is 0.510. The molecule has 0 saturated heterocycles. The van der Waals surface area contributed by atoms with Gasteiger partial charge in [0.2, 0.25) is 0 Å². The van der Waals surface area contributed by atoms with E-state index in [1.54, 1.807) is 6.07 Å². The quantitative estimate of drug-likeness (QED) is 0.572. The molecule has 0 heterocycles. The molecule has 1 fully saturated rings. The van der Waals surface area contributed by atoms with Crippen LogP contribution in [0.4, 0.5) is 4.39 Å². The molecule has 14 heavy (non-hydrogen) atoms. The molecule has 0 amide bonds. The Labute approximate surface area is 88.3 Å². The lowest BCUT2D eigenvalue weighted by Gasteiger charge is -2.26. The molecule has 0 aromatic heterocycles. The Balaban J connectivity index is 0. The summed E-state index contributed by atoms with van der Waals surface area (Å²) in [6.07, 6.45) is 2.30. The maximum atomic E-state index is 12.7. The van der Waals surface area contributed by atoms with Crippen LogP contribution in [0.5, 0.6) is 0 Å². The molecule has 0 bridgehead atoms. The van der Waals surface area contributed by atoms with E-state index in [1.807, 2.05) is 13.8 Å². The third kappa shape index (κ3) is 9.51. The third-order valence-electron chi connectivity index (χ3n) is 2.12. The number of rotatable bonds is 0. The highest BCUT2D eigenvalue weighted by atomic mass is 19.1. The van der Waals surface area contributed by atoms with E-state index < -0.39 is 6.17 Å². The molecule has 0 aromatic rings. The molecule has 2 heteroatoms. The summed E-state index contributed by atoms with van der Waals surface area (Å²) in [6, 6.07) is 1.75. The van der Waals surface area contributed by atoms with Crippen LogP contribution in [0.25, 0.3) is 0 Å². The van der Waals surface area contributed by atoms with Crippen molar-refractivity contribution in [2.45, 2.75) is 60.1 Å². The number of alkyl halides is 1. The van der Waals surface area contributed by atoms with Gasteiger partial charge in [-0.05, 0) is 31.1 Å². The van der Waals surface area contributed by atoms with Gasteiger partial charge in [-0.3, -0.25) is 0 Å². The summed E-state index contributed by atoms with van der Waals surface area (Å²) in [5, 5.41) is 7.32. The predicted octanol–water partition coefficient (Wildman–Crippen LogP) is 4.34. The molecule has 2 unspecified atom stereocenters. The molecule has 0 aliphatic heterocycles. The van der Waals surface area contributed by atoms with Gasteiger partial charge < -0.3 is 0 Å².